The van der Waals surface area contributed by atoms with Crippen molar-refractivity contribution in [3.05, 3.63) is 29.8 Å². The van der Waals surface area contributed by atoms with Gasteiger partial charge in [-0.05, 0) is 30.2 Å². The zero-order valence-electron chi connectivity index (χ0n) is 10.4. The van der Waals surface area contributed by atoms with Crippen LogP contribution in [0.5, 0.6) is 5.75 Å². The van der Waals surface area contributed by atoms with Gasteiger partial charge in [0.05, 0.1) is 6.26 Å². The Kier molecular flexibility index (Phi) is 4.96. The molecule has 0 aliphatic heterocycles. The molecule has 0 spiro atoms. The molecule has 0 aromatic heterocycles. The lowest BCUT2D eigenvalue weighted by Crippen LogP contribution is -2.19. The minimum absolute atomic E-state index is 0.358. The number of rotatable bonds is 6. The van der Waals surface area contributed by atoms with Crippen LogP contribution >= 0.6 is 0 Å². The molecular formula is C12H19NO3S. The van der Waals surface area contributed by atoms with E-state index in [0.29, 0.717) is 18.2 Å². The summed E-state index contributed by atoms with van der Waals surface area (Å²) in [6.45, 7) is 5.91. The Hall–Kier alpha value is -1.07. The van der Waals surface area contributed by atoms with Crippen LogP contribution in [0.2, 0.25) is 0 Å². The molecule has 0 aliphatic carbocycles. The normalized spacial score (nSPS) is 11.8. The van der Waals surface area contributed by atoms with E-state index in [9.17, 15) is 8.42 Å². The molecule has 17 heavy (non-hydrogen) atoms. The molecule has 0 bridgehead atoms. The molecule has 96 valence electrons. The first-order chi connectivity index (χ1) is 7.87. The summed E-state index contributed by atoms with van der Waals surface area (Å²) in [6.07, 6.45) is 1.04. The maximum absolute atomic E-state index is 11.0. The van der Waals surface area contributed by atoms with E-state index in [1.54, 1.807) is 18.2 Å². The van der Waals surface area contributed by atoms with Gasteiger partial charge in [-0.15, -0.1) is 0 Å². The lowest BCUT2D eigenvalue weighted by Gasteiger charge is -2.08. The maximum Gasteiger partial charge on any atom is 0.306 e. The molecule has 0 unspecified atom stereocenters. The van der Waals surface area contributed by atoms with E-state index in [1.165, 1.54) is 0 Å². The predicted molar refractivity (Wildman–Crippen MR) is 68.5 cm³/mol. The Balaban J connectivity index is 2.60. The van der Waals surface area contributed by atoms with Crippen molar-refractivity contribution < 1.29 is 12.6 Å². The van der Waals surface area contributed by atoms with Crippen LogP contribution in [0.25, 0.3) is 0 Å². The first-order valence-corrected chi connectivity index (χ1v) is 7.37. The Morgan fingerprint density at radius 1 is 1.35 bits per heavy atom. The molecule has 0 heterocycles. The summed E-state index contributed by atoms with van der Waals surface area (Å²) in [5.74, 6) is 0.946. The van der Waals surface area contributed by atoms with Gasteiger partial charge in [-0.3, -0.25) is 0 Å². The summed E-state index contributed by atoms with van der Waals surface area (Å²) in [4.78, 5) is 0. The molecule has 0 radical (unpaired) electrons. The van der Waals surface area contributed by atoms with Gasteiger partial charge < -0.3 is 9.50 Å². The lowest BCUT2D eigenvalue weighted by atomic mass is 10.2. The van der Waals surface area contributed by atoms with Crippen LogP contribution in [-0.2, 0) is 16.7 Å². The highest BCUT2D eigenvalue weighted by Gasteiger charge is 2.04. The molecule has 0 atom stereocenters. The average Bonchev–Trinajstić information content (AvgIpc) is 2.14. The molecule has 0 aliphatic rings. The van der Waals surface area contributed by atoms with Crippen LogP contribution in [0, 0.1) is 5.92 Å². The van der Waals surface area contributed by atoms with Gasteiger partial charge in [0.2, 0.25) is 0 Å². The Morgan fingerprint density at radius 3 is 2.65 bits per heavy atom. The smallest absolute Gasteiger partial charge is 0.306 e. The van der Waals surface area contributed by atoms with Gasteiger partial charge in [-0.1, -0.05) is 26.0 Å². The Morgan fingerprint density at radius 2 is 2.06 bits per heavy atom. The quantitative estimate of drug-likeness (QED) is 0.789. The van der Waals surface area contributed by atoms with Crippen molar-refractivity contribution in [1.82, 2.24) is 5.32 Å². The second-order valence-electron chi connectivity index (χ2n) is 4.46. The lowest BCUT2D eigenvalue weighted by molar-refractivity contribution is 0.492. The molecule has 1 rings (SSSR count). The fraction of sp³-hybridized carbons (Fsp3) is 0.500. The topological polar surface area (TPSA) is 55.4 Å². The van der Waals surface area contributed by atoms with E-state index >= 15 is 0 Å². The van der Waals surface area contributed by atoms with Crippen molar-refractivity contribution in [3.63, 3.8) is 0 Å². The summed E-state index contributed by atoms with van der Waals surface area (Å²) in [6, 6.07) is 7.08. The van der Waals surface area contributed by atoms with Crippen molar-refractivity contribution in [3.8, 4) is 5.75 Å². The fourth-order valence-corrected chi connectivity index (χ4v) is 1.84. The van der Waals surface area contributed by atoms with Crippen molar-refractivity contribution in [2.75, 3.05) is 12.8 Å². The predicted octanol–water partition coefficient (Wildman–Crippen LogP) is 1.77. The van der Waals surface area contributed by atoms with Crippen molar-refractivity contribution in [2.45, 2.75) is 20.4 Å². The third-order valence-electron chi connectivity index (χ3n) is 2.03. The number of hydrogen-bond acceptors (Lipinski definition) is 4. The van der Waals surface area contributed by atoms with Crippen molar-refractivity contribution >= 4 is 10.1 Å². The largest absolute Gasteiger partial charge is 0.383 e. The number of nitrogens with one attached hydrogen (secondary N) is 1. The van der Waals surface area contributed by atoms with Gasteiger partial charge in [0.15, 0.2) is 0 Å². The van der Waals surface area contributed by atoms with Crippen LogP contribution in [-0.4, -0.2) is 21.2 Å². The highest BCUT2D eigenvalue weighted by Crippen LogP contribution is 2.14. The summed E-state index contributed by atoms with van der Waals surface area (Å²) >= 11 is 0. The van der Waals surface area contributed by atoms with Crippen LogP contribution in [0.1, 0.15) is 19.4 Å². The monoisotopic (exact) mass is 257 g/mol. The third-order valence-corrected chi connectivity index (χ3v) is 2.52. The second-order valence-corrected chi connectivity index (χ2v) is 6.03. The van der Waals surface area contributed by atoms with Gasteiger partial charge in [0.1, 0.15) is 5.75 Å². The summed E-state index contributed by atoms with van der Waals surface area (Å²) < 4.78 is 26.8. The van der Waals surface area contributed by atoms with E-state index in [0.717, 1.165) is 18.4 Å². The maximum atomic E-state index is 11.0. The minimum Gasteiger partial charge on any atom is -0.383 e. The second kappa shape index (κ2) is 6.02. The van der Waals surface area contributed by atoms with Gasteiger partial charge in [0, 0.05) is 6.54 Å². The van der Waals surface area contributed by atoms with E-state index < -0.39 is 10.1 Å². The standard InChI is InChI=1S/C12H19NO3S/c1-10(2)8-13-9-11-5-4-6-12(7-11)16-17(3,14)15/h4-7,10,13H,8-9H2,1-3H3. The van der Waals surface area contributed by atoms with Crippen LogP contribution < -0.4 is 9.50 Å². The zero-order chi connectivity index (χ0) is 12.9. The molecule has 1 N–H and O–H groups in total. The fourth-order valence-electron chi connectivity index (χ4n) is 1.39. The third kappa shape index (κ3) is 6.28. The van der Waals surface area contributed by atoms with E-state index in [4.69, 9.17) is 4.18 Å². The summed E-state index contributed by atoms with van der Waals surface area (Å²) in [5, 5.41) is 3.29. The van der Waals surface area contributed by atoms with Gasteiger partial charge in [0.25, 0.3) is 0 Å². The van der Waals surface area contributed by atoms with Crippen molar-refractivity contribution in [2.24, 2.45) is 5.92 Å². The van der Waals surface area contributed by atoms with E-state index in [-0.39, 0.29) is 0 Å². The van der Waals surface area contributed by atoms with Crippen molar-refractivity contribution in [1.29, 1.82) is 0 Å². The van der Waals surface area contributed by atoms with Gasteiger partial charge in [-0.2, -0.15) is 8.42 Å². The van der Waals surface area contributed by atoms with E-state index in [1.807, 2.05) is 6.07 Å². The van der Waals surface area contributed by atoms with Crippen LogP contribution in [0.3, 0.4) is 0 Å². The number of hydrogen-bond donors (Lipinski definition) is 1. The minimum atomic E-state index is -3.45. The molecule has 4 nitrogen and oxygen atoms in total. The Bertz CT molecular complexity index is 455. The Labute approximate surface area is 103 Å². The first-order valence-electron chi connectivity index (χ1n) is 5.56. The van der Waals surface area contributed by atoms with Gasteiger partial charge >= 0.3 is 10.1 Å². The highest BCUT2D eigenvalue weighted by atomic mass is 32.2. The molecule has 5 heteroatoms. The summed E-state index contributed by atoms with van der Waals surface area (Å²) in [7, 11) is -3.45. The van der Waals surface area contributed by atoms with Crippen LogP contribution in [0.15, 0.2) is 24.3 Å². The molecule has 1 aromatic rings. The SMILES string of the molecule is CC(C)CNCc1cccc(OS(C)(=O)=O)c1. The summed E-state index contributed by atoms with van der Waals surface area (Å²) in [5.41, 5.74) is 1.01. The molecular weight excluding hydrogens is 238 g/mol. The number of benzene rings is 1. The molecule has 1 aromatic carbocycles. The average molecular weight is 257 g/mol. The first kappa shape index (κ1) is 14.0. The van der Waals surface area contributed by atoms with Gasteiger partial charge in [-0.25, -0.2) is 0 Å². The molecule has 0 saturated heterocycles. The molecule has 0 saturated carbocycles. The molecule has 0 amide bonds. The van der Waals surface area contributed by atoms with E-state index in [2.05, 4.69) is 19.2 Å². The van der Waals surface area contributed by atoms with Crippen LogP contribution in [0.4, 0.5) is 0 Å². The molecule has 0 fully saturated rings. The highest BCUT2D eigenvalue weighted by molar-refractivity contribution is 7.86. The zero-order valence-corrected chi connectivity index (χ0v) is 11.3.